The molecule has 8 heteroatoms. The summed E-state index contributed by atoms with van der Waals surface area (Å²) in [5.41, 5.74) is 1.85. The number of carbonyl (C=O) groups excluding carboxylic acids is 1. The van der Waals surface area contributed by atoms with Gasteiger partial charge in [0.25, 0.3) is 0 Å². The van der Waals surface area contributed by atoms with Crippen LogP contribution in [0.25, 0.3) is 0 Å². The second-order valence-electron chi connectivity index (χ2n) is 6.24. The summed E-state index contributed by atoms with van der Waals surface area (Å²) in [6.07, 6.45) is 0. The predicted molar refractivity (Wildman–Crippen MR) is 106 cm³/mol. The lowest BCUT2D eigenvalue weighted by Crippen LogP contribution is -2.48. The van der Waals surface area contributed by atoms with Gasteiger partial charge in [0.1, 0.15) is 6.07 Å². The molecule has 0 aliphatic carbocycles. The van der Waals surface area contributed by atoms with Crippen LogP contribution in [-0.4, -0.2) is 44.7 Å². The summed E-state index contributed by atoms with van der Waals surface area (Å²) in [6.45, 7) is 3.11. The van der Waals surface area contributed by atoms with Gasteiger partial charge in [-0.2, -0.15) is 9.57 Å². The molecular weight excluding hydrogens is 430 g/mol. The Labute approximate surface area is 167 Å². The molecule has 0 saturated carbocycles. The number of ketones is 1. The van der Waals surface area contributed by atoms with Crippen molar-refractivity contribution >= 4 is 37.4 Å². The van der Waals surface area contributed by atoms with Gasteiger partial charge in [-0.25, -0.2) is 8.42 Å². The molecule has 3 rings (SSSR count). The molecule has 1 aliphatic rings. The molecule has 1 fully saturated rings. The molecule has 140 valence electrons. The summed E-state index contributed by atoms with van der Waals surface area (Å²) in [6, 6.07) is 13.7. The molecule has 0 radical (unpaired) electrons. The minimum Gasteiger partial charge on any atom is -0.368 e. The number of nitriles is 1. The summed E-state index contributed by atoms with van der Waals surface area (Å²) in [5.74, 6) is -0.102. The number of hydrogen-bond donors (Lipinski definition) is 0. The highest BCUT2D eigenvalue weighted by molar-refractivity contribution is 9.10. The van der Waals surface area contributed by atoms with Gasteiger partial charge in [-0.3, -0.25) is 4.79 Å². The Kier molecular flexibility index (Phi) is 5.65. The van der Waals surface area contributed by atoms with E-state index in [1.165, 1.54) is 35.5 Å². The van der Waals surface area contributed by atoms with E-state index < -0.39 is 10.0 Å². The molecule has 27 heavy (non-hydrogen) atoms. The van der Waals surface area contributed by atoms with Crippen LogP contribution in [0.1, 0.15) is 22.8 Å². The Hall–Kier alpha value is -2.21. The van der Waals surface area contributed by atoms with Crippen LogP contribution in [0.5, 0.6) is 0 Å². The summed E-state index contributed by atoms with van der Waals surface area (Å²) in [4.78, 5) is 13.6. The predicted octanol–water partition coefficient (Wildman–Crippen LogP) is 3.03. The highest BCUT2D eigenvalue weighted by Crippen LogP contribution is 2.26. The van der Waals surface area contributed by atoms with E-state index in [-0.39, 0.29) is 10.7 Å². The van der Waals surface area contributed by atoms with Gasteiger partial charge in [0.2, 0.25) is 10.0 Å². The molecule has 0 unspecified atom stereocenters. The first-order valence-corrected chi connectivity index (χ1v) is 10.6. The zero-order valence-corrected chi connectivity index (χ0v) is 17.1. The van der Waals surface area contributed by atoms with Gasteiger partial charge in [-0.05, 0) is 37.3 Å². The fourth-order valence-corrected chi connectivity index (χ4v) is 4.84. The Balaban J connectivity index is 1.75. The third kappa shape index (κ3) is 4.05. The molecule has 2 aromatic rings. The molecule has 1 aliphatic heterocycles. The molecule has 0 aromatic heterocycles. The second kappa shape index (κ2) is 7.80. The number of hydrogen-bond acceptors (Lipinski definition) is 5. The van der Waals surface area contributed by atoms with Gasteiger partial charge in [0.15, 0.2) is 5.78 Å². The Morgan fingerprint density at radius 2 is 1.70 bits per heavy atom. The van der Waals surface area contributed by atoms with Crippen molar-refractivity contribution in [1.29, 1.82) is 5.26 Å². The Morgan fingerprint density at radius 3 is 2.26 bits per heavy atom. The average Bonchev–Trinajstić information content (AvgIpc) is 2.68. The van der Waals surface area contributed by atoms with Gasteiger partial charge < -0.3 is 4.90 Å². The minimum atomic E-state index is -3.61. The van der Waals surface area contributed by atoms with E-state index in [4.69, 9.17) is 0 Å². The van der Waals surface area contributed by atoms with Crippen LogP contribution >= 0.6 is 15.9 Å². The van der Waals surface area contributed by atoms with E-state index in [2.05, 4.69) is 22.0 Å². The molecule has 1 heterocycles. The number of benzene rings is 2. The molecule has 0 amide bonds. The molecular formula is C19H18BrN3O3S. The number of halogens is 1. The molecule has 2 aromatic carbocycles. The number of rotatable bonds is 4. The summed E-state index contributed by atoms with van der Waals surface area (Å²) < 4.78 is 28.0. The number of sulfonamides is 1. The van der Waals surface area contributed by atoms with E-state index in [9.17, 15) is 18.5 Å². The largest absolute Gasteiger partial charge is 0.368 e. The fraction of sp³-hybridized carbons (Fsp3) is 0.263. The maximum absolute atomic E-state index is 12.8. The van der Waals surface area contributed by atoms with Crippen molar-refractivity contribution in [2.24, 2.45) is 0 Å². The van der Waals surface area contributed by atoms with E-state index in [1.54, 1.807) is 6.07 Å². The first-order valence-electron chi connectivity index (χ1n) is 8.38. The number of anilines is 1. The van der Waals surface area contributed by atoms with Gasteiger partial charge in [0, 0.05) is 36.2 Å². The standard InChI is InChI=1S/C19H18BrN3O3S/c1-14(24)15-2-5-18(6-3-15)27(25,26)23-10-8-22(9-11-23)19-7-4-17(20)12-16(19)13-21/h2-7,12H,8-11H2,1H3. The maximum Gasteiger partial charge on any atom is 0.243 e. The Morgan fingerprint density at radius 1 is 1.07 bits per heavy atom. The quantitative estimate of drug-likeness (QED) is 0.672. The highest BCUT2D eigenvalue weighted by atomic mass is 79.9. The topological polar surface area (TPSA) is 81.5 Å². The molecule has 0 bridgehead atoms. The van der Waals surface area contributed by atoms with Gasteiger partial charge in [-0.1, -0.05) is 28.1 Å². The molecule has 0 atom stereocenters. The normalized spacial score (nSPS) is 15.4. The number of piperazine rings is 1. The zero-order chi connectivity index (χ0) is 19.6. The fourth-order valence-electron chi connectivity index (χ4n) is 3.05. The van der Waals surface area contributed by atoms with Crippen LogP contribution in [-0.2, 0) is 10.0 Å². The first kappa shape index (κ1) is 19.5. The highest BCUT2D eigenvalue weighted by Gasteiger charge is 2.29. The van der Waals surface area contributed by atoms with E-state index in [1.807, 2.05) is 17.0 Å². The third-order valence-corrected chi connectivity index (χ3v) is 6.96. The molecule has 0 spiro atoms. The lowest BCUT2D eigenvalue weighted by molar-refractivity contribution is 0.101. The van der Waals surface area contributed by atoms with Crippen LogP contribution in [0, 0.1) is 11.3 Å². The number of nitrogens with zero attached hydrogens (tertiary/aromatic N) is 3. The van der Waals surface area contributed by atoms with Crippen LogP contribution in [0.15, 0.2) is 51.8 Å². The van der Waals surface area contributed by atoms with Crippen molar-refractivity contribution in [1.82, 2.24) is 4.31 Å². The number of Topliss-reactive ketones (excluding diaryl/α,β-unsaturated/α-hetero) is 1. The van der Waals surface area contributed by atoms with Crippen molar-refractivity contribution in [2.45, 2.75) is 11.8 Å². The maximum atomic E-state index is 12.8. The van der Waals surface area contributed by atoms with Crippen molar-refractivity contribution in [2.75, 3.05) is 31.1 Å². The van der Waals surface area contributed by atoms with Gasteiger partial charge in [-0.15, -0.1) is 0 Å². The third-order valence-electron chi connectivity index (χ3n) is 4.56. The van der Waals surface area contributed by atoms with Gasteiger partial charge in [0.05, 0.1) is 16.1 Å². The van der Waals surface area contributed by atoms with Gasteiger partial charge >= 0.3 is 0 Å². The summed E-state index contributed by atoms with van der Waals surface area (Å²) in [5, 5.41) is 9.34. The molecule has 6 nitrogen and oxygen atoms in total. The molecule has 0 N–H and O–H groups in total. The van der Waals surface area contributed by atoms with E-state index in [0.29, 0.717) is 37.3 Å². The first-order chi connectivity index (χ1) is 12.8. The SMILES string of the molecule is CC(=O)c1ccc(S(=O)(=O)N2CCN(c3ccc(Br)cc3C#N)CC2)cc1. The van der Waals surface area contributed by atoms with Crippen LogP contribution in [0.3, 0.4) is 0 Å². The van der Waals surface area contributed by atoms with Crippen molar-refractivity contribution < 1.29 is 13.2 Å². The Bertz CT molecular complexity index is 1010. The van der Waals surface area contributed by atoms with Crippen molar-refractivity contribution in [3.8, 4) is 6.07 Å². The van der Waals surface area contributed by atoms with E-state index >= 15 is 0 Å². The summed E-state index contributed by atoms with van der Waals surface area (Å²) in [7, 11) is -3.61. The monoisotopic (exact) mass is 447 g/mol. The second-order valence-corrected chi connectivity index (χ2v) is 9.10. The van der Waals surface area contributed by atoms with Crippen molar-refractivity contribution in [3.05, 3.63) is 58.1 Å². The molecule has 1 saturated heterocycles. The van der Waals surface area contributed by atoms with Crippen molar-refractivity contribution in [3.63, 3.8) is 0 Å². The minimum absolute atomic E-state index is 0.102. The average molecular weight is 448 g/mol. The number of carbonyl (C=O) groups is 1. The van der Waals surface area contributed by atoms with Crippen LogP contribution in [0.4, 0.5) is 5.69 Å². The zero-order valence-electron chi connectivity index (χ0n) is 14.7. The smallest absolute Gasteiger partial charge is 0.243 e. The van der Waals surface area contributed by atoms with Crippen LogP contribution < -0.4 is 4.90 Å². The van der Waals surface area contributed by atoms with E-state index in [0.717, 1.165) is 10.2 Å². The van der Waals surface area contributed by atoms with Crippen LogP contribution in [0.2, 0.25) is 0 Å². The lowest BCUT2D eigenvalue weighted by Gasteiger charge is -2.35. The summed E-state index contributed by atoms with van der Waals surface area (Å²) >= 11 is 3.36. The lowest BCUT2D eigenvalue weighted by atomic mass is 10.1.